The maximum atomic E-state index is 11.7. The van der Waals surface area contributed by atoms with Gasteiger partial charge >= 0.3 is 0 Å². The predicted octanol–water partition coefficient (Wildman–Crippen LogP) is 1.08. The number of hydrogen-bond acceptors (Lipinski definition) is 3. The number of carbonyl (C=O) groups is 1. The van der Waals surface area contributed by atoms with Gasteiger partial charge < -0.3 is 15.8 Å². The third kappa shape index (κ3) is 4.68. The fourth-order valence-corrected chi connectivity index (χ4v) is 1.73. The first-order chi connectivity index (χ1) is 7.00. The molecule has 0 bridgehead atoms. The van der Waals surface area contributed by atoms with Crippen LogP contribution in [0.1, 0.15) is 33.6 Å². The second kappa shape index (κ2) is 7.09. The highest BCUT2D eigenvalue weighted by Gasteiger charge is 2.24. The van der Waals surface area contributed by atoms with Gasteiger partial charge in [0.15, 0.2) is 0 Å². The number of ether oxygens (including phenoxy) is 1. The van der Waals surface area contributed by atoms with Crippen LogP contribution in [0.2, 0.25) is 0 Å². The maximum absolute atomic E-state index is 11.7. The van der Waals surface area contributed by atoms with Crippen LogP contribution in [0.4, 0.5) is 0 Å². The smallest absolute Gasteiger partial charge is 0.237 e. The molecule has 0 aromatic rings. The van der Waals surface area contributed by atoms with Crippen molar-refractivity contribution in [1.82, 2.24) is 5.32 Å². The van der Waals surface area contributed by atoms with E-state index in [1.54, 1.807) is 0 Å². The van der Waals surface area contributed by atoms with Crippen molar-refractivity contribution < 1.29 is 9.53 Å². The molecular weight excluding hydrogens is 228 g/mol. The van der Waals surface area contributed by atoms with Crippen LogP contribution in [0.3, 0.4) is 0 Å². The second-order valence-electron chi connectivity index (χ2n) is 4.68. The molecule has 96 valence electrons. The Hall–Kier alpha value is -0.320. The van der Waals surface area contributed by atoms with Gasteiger partial charge in [-0.3, -0.25) is 4.79 Å². The molecule has 1 aliphatic heterocycles. The molecule has 3 atom stereocenters. The van der Waals surface area contributed by atoms with Crippen molar-refractivity contribution in [3.63, 3.8) is 0 Å². The fraction of sp³-hybridized carbons (Fsp3) is 0.909. The zero-order chi connectivity index (χ0) is 11.4. The molecule has 1 rings (SSSR count). The Morgan fingerprint density at radius 2 is 2.12 bits per heavy atom. The van der Waals surface area contributed by atoms with E-state index in [2.05, 4.69) is 5.32 Å². The van der Waals surface area contributed by atoms with E-state index in [1.165, 1.54) is 0 Å². The van der Waals surface area contributed by atoms with E-state index in [4.69, 9.17) is 10.5 Å². The zero-order valence-electron chi connectivity index (χ0n) is 10.2. The summed E-state index contributed by atoms with van der Waals surface area (Å²) in [6.45, 7) is 6.66. The summed E-state index contributed by atoms with van der Waals surface area (Å²) in [4.78, 5) is 11.7. The second-order valence-corrected chi connectivity index (χ2v) is 4.68. The Balaban J connectivity index is 0.00000225. The van der Waals surface area contributed by atoms with Crippen LogP contribution in [0.5, 0.6) is 0 Å². The van der Waals surface area contributed by atoms with Crippen molar-refractivity contribution in [3.8, 4) is 0 Å². The van der Waals surface area contributed by atoms with Crippen molar-refractivity contribution in [3.05, 3.63) is 0 Å². The van der Waals surface area contributed by atoms with E-state index in [-0.39, 0.29) is 36.4 Å². The maximum Gasteiger partial charge on any atom is 0.237 e. The van der Waals surface area contributed by atoms with Gasteiger partial charge in [-0.05, 0) is 25.7 Å². The SMILES string of the molecule is CC1CC(NC(=O)[C@@H](N)C(C)C)CCO1.Cl. The lowest BCUT2D eigenvalue weighted by Crippen LogP contribution is -2.50. The van der Waals surface area contributed by atoms with Crippen LogP contribution in [0, 0.1) is 5.92 Å². The highest BCUT2D eigenvalue weighted by Crippen LogP contribution is 2.13. The van der Waals surface area contributed by atoms with Gasteiger partial charge in [0.2, 0.25) is 5.91 Å². The molecule has 0 radical (unpaired) electrons. The lowest BCUT2D eigenvalue weighted by atomic mass is 10.0. The van der Waals surface area contributed by atoms with Gasteiger partial charge in [-0.2, -0.15) is 0 Å². The Labute approximate surface area is 104 Å². The van der Waals surface area contributed by atoms with Crippen molar-refractivity contribution in [2.45, 2.75) is 51.8 Å². The Morgan fingerprint density at radius 3 is 2.62 bits per heavy atom. The quantitative estimate of drug-likeness (QED) is 0.788. The summed E-state index contributed by atoms with van der Waals surface area (Å²) in [5.74, 6) is 0.145. The van der Waals surface area contributed by atoms with Gasteiger partial charge in [-0.1, -0.05) is 13.8 Å². The minimum atomic E-state index is -0.400. The third-order valence-corrected chi connectivity index (χ3v) is 2.85. The summed E-state index contributed by atoms with van der Waals surface area (Å²) in [5.41, 5.74) is 5.77. The molecule has 1 saturated heterocycles. The van der Waals surface area contributed by atoms with Gasteiger partial charge in [0.1, 0.15) is 0 Å². The molecule has 0 spiro atoms. The Morgan fingerprint density at radius 1 is 1.50 bits per heavy atom. The highest BCUT2D eigenvalue weighted by molar-refractivity contribution is 5.85. The molecule has 1 amide bonds. The first-order valence-corrected chi connectivity index (χ1v) is 5.68. The summed E-state index contributed by atoms with van der Waals surface area (Å²) < 4.78 is 5.41. The fourth-order valence-electron chi connectivity index (χ4n) is 1.73. The standard InChI is InChI=1S/C11H22N2O2.ClH/c1-7(2)10(12)11(14)13-9-4-5-15-8(3)6-9;/h7-10H,4-6,12H2,1-3H3,(H,13,14);1H/t8?,9?,10-;/m0./s1. The van der Waals surface area contributed by atoms with Crippen molar-refractivity contribution in [2.24, 2.45) is 11.7 Å². The summed E-state index contributed by atoms with van der Waals surface area (Å²) >= 11 is 0. The first kappa shape index (κ1) is 15.7. The topological polar surface area (TPSA) is 64.4 Å². The van der Waals surface area contributed by atoms with Crippen LogP contribution in [0.15, 0.2) is 0 Å². The number of nitrogens with one attached hydrogen (secondary N) is 1. The zero-order valence-corrected chi connectivity index (χ0v) is 11.0. The number of rotatable bonds is 3. The van der Waals surface area contributed by atoms with Crippen LogP contribution in [-0.2, 0) is 9.53 Å². The molecule has 4 nitrogen and oxygen atoms in total. The molecule has 3 N–H and O–H groups in total. The molecule has 0 aliphatic carbocycles. The number of amides is 1. The number of hydrogen-bond donors (Lipinski definition) is 2. The van der Waals surface area contributed by atoms with E-state index in [9.17, 15) is 4.79 Å². The number of nitrogens with two attached hydrogens (primary N) is 1. The molecule has 1 heterocycles. The normalized spacial score (nSPS) is 27.1. The van der Waals surface area contributed by atoms with E-state index >= 15 is 0 Å². The van der Waals surface area contributed by atoms with Gasteiger partial charge in [-0.15, -0.1) is 12.4 Å². The summed E-state index contributed by atoms with van der Waals surface area (Å²) in [7, 11) is 0. The molecule has 1 aliphatic rings. The average molecular weight is 251 g/mol. The monoisotopic (exact) mass is 250 g/mol. The average Bonchev–Trinajstić information content (AvgIpc) is 2.16. The lowest BCUT2D eigenvalue weighted by molar-refractivity contribution is -0.124. The molecular formula is C11H23ClN2O2. The molecule has 5 heteroatoms. The van der Waals surface area contributed by atoms with Gasteiger partial charge in [0.25, 0.3) is 0 Å². The van der Waals surface area contributed by atoms with Crippen LogP contribution in [0.25, 0.3) is 0 Å². The molecule has 0 aromatic carbocycles. The molecule has 16 heavy (non-hydrogen) atoms. The Kier molecular flexibility index (Phi) is 6.95. The molecule has 0 saturated carbocycles. The molecule has 0 aromatic heterocycles. The lowest BCUT2D eigenvalue weighted by Gasteiger charge is -2.29. The van der Waals surface area contributed by atoms with Crippen molar-refractivity contribution in [1.29, 1.82) is 0 Å². The van der Waals surface area contributed by atoms with Crippen molar-refractivity contribution >= 4 is 18.3 Å². The minimum absolute atomic E-state index is 0. The molecule has 2 unspecified atom stereocenters. The van der Waals surface area contributed by atoms with Gasteiger partial charge in [0.05, 0.1) is 12.1 Å². The third-order valence-electron chi connectivity index (χ3n) is 2.85. The van der Waals surface area contributed by atoms with E-state index in [1.807, 2.05) is 20.8 Å². The summed E-state index contributed by atoms with van der Waals surface area (Å²) in [5, 5.41) is 2.99. The van der Waals surface area contributed by atoms with Gasteiger partial charge in [-0.25, -0.2) is 0 Å². The highest BCUT2D eigenvalue weighted by atomic mass is 35.5. The first-order valence-electron chi connectivity index (χ1n) is 5.68. The van der Waals surface area contributed by atoms with E-state index in [0.29, 0.717) is 0 Å². The minimum Gasteiger partial charge on any atom is -0.378 e. The van der Waals surface area contributed by atoms with Crippen molar-refractivity contribution in [2.75, 3.05) is 6.61 Å². The summed E-state index contributed by atoms with van der Waals surface area (Å²) in [6, 6.07) is -0.172. The predicted molar refractivity (Wildman–Crippen MR) is 66.6 cm³/mol. The van der Waals surface area contributed by atoms with Crippen LogP contribution in [-0.4, -0.2) is 30.7 Å². The van der Waals surface area contributed by atoms with E-state index in [0.717, 1.165) is 19.4 Å². The number of halogens is 1. The largest absolute Gasteiger partial charge is 0.378 e. The van der Waals surface area contributed by atoms with Gasteiger partial charge in [0, 0.05) is 12.6 Å². The summed E-state index contributed by atoms with van der Waals surface area (Å²) in [6.07, 6.45) is 2.01. The van der Waals surface area contributed by atoms with E-state index < -0.39 is 6.04 Å². The number of carbonyl (C=O) groups excluding carboxylic acids is 1. The van der Waals surface area contributed by atoms with Crippen LogP contribution >= 0.6 is 12.4 Å². The van der Waals surface area contributed by atoms with Crippen LogP contribution < -0.4 is 11.1 Å². The molecule has 1 fully saturated rings. The Bertz CT molecular complexity index is 224.